The first-order chi connectivity index (χ1) is 13.5. The third-order valence-electron chi connectivity index (χ3n) is 5.04. The summed E-state index contributed by atoms with van der Waals surface area (Å²) in [6, 6.07) is 9.09. The van der Waals surface area contributed by atoms with Crippen molar-refractivity contribution in [2.75, 3.05) is 18.4 Å². The highest BCUT2D eigenvalue weighted by Gasteiger charge is 2.26. The normalized spacial score (nSPS) is 14.8. The number of rotatable bonds is 7. The minimum absolute atomic E-state index is 0.316. The Hall–Kier alpha value is -2.50. The second-order valence-corrected chi connectivity index (χ2v) is 8.71. The van der Waals surface area contributed by atoms with Crippen molar-refractivity contribution in [3.63, 3.8) is 0 Å². The smallest absolute Gasteiger partial charge is 0.243 e. The van der Waals surface area contributed by atoms with Crippen LogP contribution in [-0.2, 0) is 29.4 Å². The molecule has 2 heterocycles. The molecule has 1 saturated heterocycles. The molecule has 0 bridgehead atoms. The van der Waals surface area contributed by atoms with Gasteiger partial charge in [0, 0.05) is 19.6 Å². The highest BCUT2D eigenvalue weighted by molar-refractivity contribution is 7.89. The molecule has 1 aliphatic heterocycles. The van der Waals surface area contributed by atoms with Crippen molar-refractivity contribution in [3.8, 4) is 6.07 Å². The zero-order valence-corrected chi connectivity index (χ0v) is 17.1. The average Bonchev–Trinajstić information content (AvgIpc) is 3.27. The lowest BCUT2D eigenvalue weighted by molar-refractivity contribution is 0.477. The number of aryl methyl sites for hydroxylation is 1. The number of nitriles is 1. The topological polar surface area (TPSA) is 99.0 Å². The van der Waals surface area contributed by atoms with Crippen molar-refractivity contribution >= 4 is 15.8 Å². The summed E-state index contributed by atoms with van der Waals surface area (Å²) in [7, 11) is -3.40. The number of nitrogens with zero attached hydrogens (tertiary/aromatic N) is 4. The van der Waals surface area contributed by atoms with Crippen LogP contribution in [0.5, 0.6) is 0 Å². The van der Waals surface area contributed by atoms with Crippen molar-refractivity contribution in [2.45, 2.75) is 51.0 Å². The Morgan fingerprint density at radius 3 is 2.36 bits per heavy atom. The average molecular weight is 400 g/mol. The third-order valence-corrected chi connectivity index (χ3v) is 6.96. The van der Waals surface area contributed by atoms with Gasteiger partial charge in [0.1, 0.15) is 11.6 Å². The molecule has 148 valence electrons. The number of benzene rings is 1. The van der Waals surface area contributed by atoms with Gasteiger partial charge < -0.3 is 5.32 Å². The molecule has 0 saturated carbocycles. The van der Waals surface area contributed by atoms with E-state index in [1.54, 1.807) is 24.3 Å². The molecule has 1 aromatic carbocycles. The van der Waals surface area contributed by atoms with Gasteiger partial charge in [-0.05, 0) is 48.9 Å². The summed E-state index contributed by atoms with van der Waals surface area (Å²) in [6.45, 7) is 5.61. The fraction of sp³-hybridized carbons (Fsp3) is 0.450. The Bertz CT molecular complexity index is 975. The lowest BCUT2D eigenvalue weighted by Gasteiger charge is -2.16. The second kappa shape index (κ2) is 8.67. The second-order valence-electron chi connectivity index (χ2n) is 6.78. The van der Waals surface area contributed by atoms with Gasteiger partial charge in [0.2, 0.25) is 10.0 Å². The summed E-state index contributed by atoms with van der Waals surface area (Å²) < 4.78 is 26.7. The molecule has 3 rings (SSSR count). The molecule has 28 heavy (non-hydrogen) atoms. The van der Waals surface area contributed by atoms with E-state index in [0.717, 1.165) is 42.5 Å². The molecular weight excluding hydrogens is 374 g/mol. The molecule has 0 atom stereocenters. The van der Waals surface area contributed by atoms with Crippen LogP contribution in [0.1, 0.15) is 49.1 Å². The van der Waals surface area contributed by atoms with E-state index in [4.69, 9.17) is 0 Å². The molecule has 0 spiro atoms. The fourth-order valence-corrected chi connectivity index (χ4v) is 4.98. The zero-order chi connectivity index (χ0) is 20.1. The Morgan fingerprint density at radius 1 is 1.11 bits per heavy atom. The van der Waals surface area contributed by atoms with E-state index in [9.17, 15) is 13.7 Å². The van der Waals surface area contributed by atoms with E-state index in [1.807, 2.05) is 13.8 Å². The Balaban J connectivity index is 1.75. The van der Waals surface area contributed by atoms with Gasteiger partial charge >= 0.3 is 0 Å². The van der Waals surface area contributed by atoms with Gasteiger partial charge in [0.25, 0.3) is 0 Å². The first-order valence-corrected chi connectivity index (χ1v) is 11.1. The molecule has 1 N–H and O–H groups in total. The third kappa shape index (κ3) is 4.01. The van der Waals surface area contributed by atoms with Crippen molar-refractivity contribution in [2.24, 2.45) is 0 Å². The number of sulfonamides is 1. The first-order valence-electron chi connectivity index (χ1n) is 9.62. The van der Waals surface area contributed by atoms with Crippen LogP contribution in [0.25, 0.3) is 0 Å². The summed E-state index contributed by atoms with van der Waals surface area (Å²) >= 11 is 0. The number of hydrogen-bond acceptors (Lipinski definition) is 6. The van der Waals surface area contributed by atoms with Gasteiger partial charge in [0.15, 0.2) is 5.82 Å². The largest absolute Gasteiger partial charge is 0.363 e. The van der Waals surface area contributed by atoms with Crippen LogP contribution in [-0.4, -0.2) is 36.0 Å². The van der Waals surface area contributed by atoms with Crippen molar-refractivity contribution in [3.05, 3.63) is 46.6 Å². The molecule has 0 aliphatic carbocycles. The zero-order valence-electron chi connectivity index (χ0n) is 16.3. The van der Waals surface area contributed by atoms with Crippen LogP contribution in [0.4, 0.5) is 5.82 Å². The standard InChI is InChI=1S/C20H25N5O2S/c1-3-17-18(13-21)20(24-23-19(17)4-2)22-14-15-7-9-16(10-8-15)28(26,27)25-11-5-6-12-25/h7-10H,3-6,11-12,14H2,1-2H3,(H,22,24). The van der Waals surface area contributed by atoms with Gasteiger partial charge in [-0.15, -0.1) is 5.10 Å². The lowest BCUT2D eigenvalue weighted by Crippen LogP contribution is -2.27. The van der Waals surface area contributed by atoms with Crippen LogP contribution in [0.3, 0.4) is 0 Å². The van der Waals surface area contributed by atoms with Crippen LogP contribution in [0, 0.1) is 11.3 Å². The van der Waals surface area contributed by atoms with Gasteiger partial charge in [-0.25, -0.2) is 8.42 Å². The highest BCUT2D eigenvalue weighted by atomic mass is 32.2. The summed E-state index contributed by atoms with van der Waals surface area (Å²) in [5.41, 5.74) is 3.21. The molecule has 0 unspecified atom stereocenters. The fourth-order valence-electron chi connectivity index (χ4n) is 3.46. The number of anilines is 1. The molecule has 1 fully saturated rings. The van der Waals surface area contributed by atoms with Gasteiger partial charge in [-0.2, -0.15) is 14.7 Å². The van der Waals surface area contributed by atoms with Crippen LogP contribution >= 0.6 is 0 Å². The molecule has 0 radical (unpaired) electrons. The molecule has 1 aromatic heterocycles. The first kappa shape index (κ1) is 20.2. The van der Waals surface area contributed by atoms with Gasteiger partial charge in [-0.1, -0.05) is 26.0 Å². The number of hydrogen-bond donors (Lipinski definition) is 1. The highest BCUT2D eigenvalue weighted by Crippen LogP contribution is 2.23. The minimum Gasteiger partial charge on any atom is -0.363 e. The number of nitrogens with one attached hydrogen (secondary N) is 1. The van der Waals surface area contributed by atoms with E-state index < -0.39 is 10.0 Å². The Labute approximate surface area is 166 Å². The molecule has 8 heteroatoms. The SMILES string of the molecule is CCc1nnc(NCc2ccc(S(=O)(=O)N3CCCC3)cc2)c(C#N)c1CC. The predicted molar refractivity (Wildman–Crippen MR) is 107 cm³/mol. The monoisotopic (exact) mass is 399 g/mol. The maximum Gasteiger partial charge on any atom is 0.243 e. The molecular formula is C20H25N5O2S. The summed E-state index contributed by atoms with van der Waals surface area (Å²) in [5, 5.41) is 21.1. The molecule has 1 aliphatic rings. The summed E-state index contributed by atoms with van der Waals surface area (Å²) in [4.78, 5) is 0.316. The van der Waals surface area contributed by atoms with E-state index in [1.165, 1.54) is 4.31 Å². The van der Waals surface area contributed by atoms with E-state index in [-0.39, 0.29) is 0 Å². The van der Waals surface area contributed by atoms with Crippen LogP contribution in [0.15, 0.2) is 29.2 Å². The van der Waals surface area contributed by atoms with E-state index in [0.29, 0.717) is 35.9 Å². The maximum absolute atomic E-state index is 12.6. The molecule has 2 aromatic rings. The molecule has 0 amide bonds. The van der Waals surface area contributed by atoms with Crippen LogP contribution in [0.2, 0.25) is 0 Å². The Morgan fingerprint density at radius 2 is 1.79 bits per heavy atom. The maximum atomic E-state index is 12.6. The van der Waals surface area contributed by atoms with E-state index >= 15 is 0 Å². The van der Waals surface area contributed by atoms with Crippen molar-refractivity contribution in [1.29, 1.82) is 5.26 Å². The van der Waals surface area contributed by atoms with Crippen molar-refractivity contribution in [1.82, 2.24) is 14.5 Å². The van der Waals surface area contributed by atoms with Gasteiger partial charge in [-0.3, -0.25) is 0 Å². The lowest BCUT2D eigenvalue weighted by atomic mass is 10.0. The quantitative estimate of drug-likeness (QED) is 0.769. The summed E-state index contributed by atoms with van der Waals surface area (Å²) in [5.74, 6) is 0.463. The Kier molecular flexibility index (Phi) is 6.27. The minimum atomic E-state index is -3.40. The van der Waals surface area contributed by atoms with Gasteiger partial charge in [0.05, 0.1) is 10.6 Å². The predicted octanol–water partition coefficient (Wildman–Crippen LogP) is 2.87. The summed E-state index contributed by atoms with van der Waals surface area (Å²) in [6.07, 6.45) is 3.29. The van der Waals surface area contributed by atoms with E-state index in [2.05, 4.69) is 21.6 Å². The van der Waals surface area contributed by atoms with Crippen LogP contribution < -0.4 is 5.32 Å². The molecule has 7 nitrogen and oxygen atoms in total. The number of aromatic nitrogens is 2. The van der Waals surface area contributed by atoms with Crippen molar-refractivity contribution < 1.29 is 8.42 Å².